The highest BCUT2D eigenvalue weighted by Crippen LogP contribution is 2.25. The molecule has 1 aliphatic rings. The van der Waals surface area contributed by atoms with Gasteiger partial charge in [0.05, 0.1) is 0 Å². The summed E-state index contributed by atoms with van der Waals surface area (Å²) in [6.07, 6.45) is 10.3. The maximum Gasteiger partial charge on any atom is 0.251 e. The minimum Gasteiger partial charge on any atom is -0.387 e. The summed E-state index contributed by atoms with van der Waals surface area (Å²) in [7, 11) is 0. The van der Waals surface area contributed by atoms with E-state index < -0.39 is 36.6 Å². The number of unbranched alkanes of at least 4 members (excludes halogenated alkanes) is 12. The summed E-state index contributed by atoms with van der Waals surface area (Å²) in [5, 5.41) is 33.0. The van der Waals surface area contributed by atoms with Gasteiger partial charge < -0.3 is 30.1 Å². The van der Waals surface area contributed by atoms with Gasteiger partial charge in [0.2, 0.25) is 0 Å². The molecular weight excluding hydrogens is 398 g/mol. The maximum absolute atomic E-state index is 12.2. The number of amides is 1. The fourth-order valence-electron chi connectivity index (χ4n) is 3.85. The van der Waals surface area contributed by atoms with E-state index in [4.69, 9.17) is 9.47 Å². The number of nitrogens with one attached hydrogen (secondary N) is 1. The Balaban J connectivity index is 2.06. The second kappa shape index (κ2) is 17.8. The molecule has 184 valence electrons. The Morgan fingerprint density at radius 2 is 1.35 bits per heavy atom. The van der Waals surface area contributed by atoms with E-state index in [2.05, 4.69) is 12.2 Å². The quantitative estimate of drug-likeness (QED) is 0.227. The Kier molecular flexibility index (Phi) is 16.2. The Bertz CT molecular complexity index is 450. The molecule has 4 N–H and O–H groups in total. The molecule has 0 aliphatic carbocycles. The third-order valence-electron chi connectivity index (χ3n) is 5.95. The van der Waals surface area contributed by atoms with Crippen LogP contribution in [0, 0.1) is 0 Å². The molecule has 0 bridgehead atoms. The summed E-state index contributed by atoms with van der Waals surface area (Å²) >= 11 is 0. The lowest BCUT2D eigenvalue weighted by atomic mass is 10.0. The first-order valence-electron chi connectivity index (χ1n) is 12.6. The van der Waals surface area contributed by atoms with Crippen LogP contribution in [0.2, 0.25) is 0 Å². The number of rotatable bonds is 19. The van der Waals surface area contributed by atoms with Crippen LogP contribution in [0.5, 0.6) is 0 Å². The summed E-state index contributed by atoms with van der Waals surface area (Å²) in [5.74, 6) is -0.589. The normalized spacial score (nSPS) is 24.4. The molecule has 0 radical (unpaired) electrons. The van der Waals surface area contributed by atoms with Crippen molar-refractivity contribution in [3.63, 3.8) is 0 Å². The summed E-state index contributed by atoms with van der Waals surface area (Å²) in [4.78, 5) is 12.2. The van der Waals surface area contributed by atoms with Crippen molar-refractivity contribution < 1.29 is 29.6 Å². The van der Waals surface area contributed by atoms with Crippen LogP contribution in [0.1, 0.15) is 104 Å². The molecule has 0 spiro atoms. The van der Waals surface area contributed by atoms with E-state index in [1.165, 1.54) is 57.8 Å². The molecule has 1 rings (SSSR count). The van der Waals surface area contributed by atoms with Gasteiger partial charge in [-0.1, -0.05) is 90.9 Å². The summed E-state index contributed by atoms with van der Waals surface area (Å²) in [6.45, 7) is 5.12. The number of hydrogen-bond donors (Lipinski definition) is 4. The Labute approximate surface area is 188 Å². The number of carbonyl (C=O) groups is 1. The second-order valence-electron chi connectivity index (χ2n) is 8.80. The average Bonchev–Trinajstić information content (AvgIpc) is 3.05. The molecule has 1 fully saturated rings. The van der Waals surface area contributed by atoms with Gasteiger partial charge in [0.1, 0.15) is 18.3 Å². The molecule has 1 aliphatic heterocycles. The minimum atomic E-state index is -1.54. The van der Waals surface area contributed by atoms with Gasteiger partial charge in [-0.25, -0.2) is 0 Å². The van der Waals surface area contributed by atoms with Crippen LogP contribution < -0.4 is 5.32 Å². The van der Waals surface area contributed by atoms with Crippen LogP contribution in [0.25, 0.3) is 0 Å². The zero-order valence-electron chi connectivity index (χ0n) is 19.8. The molecule has 1 heterocycles. The van der Waals surface area contributed by atoms with Gasteiger partial charge in [0.15, 0.2) is 12.4 Å². The number of carbonyl (C=O) groups excluding carboxylic acids is 1. The zero-order chi connectivity index (χ0) is 22.9. The van der Waals surface area contributed by atoms with Crippen molar-refractivity contribution in [1.29, 1.82) is 0 Å². The highest BCUT2D eigenvalue weighted by atomic mass is 16.7. The van der Waals surface area contributed by atoms with Crippen LogP contribution in [0.4, 0.5) is 0 Å². The third kappa shape index (κ3) is 11.6. The van der Waals surface area contributed by atoms with Crippen molar-refractivity contribution in [2.75, 3.05) is 13.2 Å². The van der Waals surface area contributed by atoms with Crippen LogP contribution in [-0.4, -0.2) is 65.1 Å². The highest BCUT2D eigenvalue weighted by molar-refractivity contribution is 5.81. The fourth-order valence-corrected chi connectivity index (χ4v) is 3.85. The highest BCUT2D eigenvalue weighted by Gasteiger charge is 2.48. The molecular formula is C24H47NO6. The number of ether oxygens (including phenoxy) is 2. The molecule has 31 heavy (non-hydrogen) atoms. The largest absolute Gasteiger partial charge is 0.387 e. The Morgan fingerprint density at radius 1 is 0.839 bits per heavy atom. The predicted octanol–water partition coefficient (Wildman–Crippen LogP) is 3.43. The average molecular weight is 446 g/mol. The van der Waals surface area contributed by atoms with Crippen molar-refractivity contribution in [1.82, 2.24) is 5.32 Å². The molecule has 2 unspecified atom stereocenters. The van der Waals surface area contributed by atoms with Crippen LogP contribution in [0.15, 0.2) is 0 Å². The first-order chi connectivity index (χ1) is 15.0. The van der Waals surface area contributed by atoms with Gasteiger partial charge in [-0.2, -0.15) is 0 Å². The Morgan fingerprint density at radius 3 is 1.90 bits per heavy atom. The lowest BCUT2D eigenvalue weighted by Crippen LogP contribution is -2.47. The van der Waals surface area contributed by atoms with Gasteiger partial charge >= 0.3 is 0 Å². The Hall–Kier alpha value is -0.730. The van der Waals surface area contributed by atoms with E-state index in [0.717, 1.165) is 32.1 Å². The van der Waals surface area contributed by atoms with Crippen molar-refractivity contribution >= 4 is 5.91 Å². The number of hydrogen-bond acceptors (Lipinski definition) is 6. The summed E-state index contributed by atoms with van der Waals surface area (Å²) in [5.41, 5.74) is 0. The number of aliphatic hydroxyl groups is 3. The lowest BCUT2D eigenvalue weighted by molar-refractivity contribution is -0.181. The standard InChI is InChI=1S/C24H47NO6/c1-3-5-7-8-9-10-11-12-13-14-15-16-17-25-23(29)21(28)22-19(26)20(27)24(31-22)30-18-6-4-2/h19-22,24,26-28H,3-18H2,1-2H3,(H,25,29)/t19-,20?,21?,22-,24-/m0/s1. The monoisotopic (exact) mass is 445 g/mol. The molecule has 0 saturated carbocycles. The van der Waals surface area contributed by atoms with Gasteiger partial charge in [0.25, 0.3) is 5.91 Å². The van der Waals surface area contributed by atoms with E-state index in [1.54, 1.807) is 0 Å². The van der Waals surface area contributed by atoms with Crippen molar-refractivity contribution in [3.05, 3.63) is 0 Å². The lowest BCUT2D eigenvalue weighted by Gasteiger charge is -2.20. The summed E-state index contributed by atoms with van der Waals surface area (Å²) < 4.78 is 10.8. The molecule has 7 nitrogen and oxygen atoms in total. The van der Waals surface area contributed by atoms with Crippen molar-refractivity contribution in [3.8, 4) is 0 Å². The van der Waals surface area contributed by atoms with E-state index in [1.807, 2.05) is 6.92 Å². The van der Waals surface area contributed by atoms with E-state index in [9.17, 15) is 20.1 Å². The first kappa shape index (κ1) is 28.3. The van der Waals surface area contributed by atoms with Gasteiger partial charge in [0, 0.05) is 13.2 Å². The third-order valence-corrected chi connectivity index (χ3v) is 5.95. The van der Waals surface area contributed by atoms with E-state index in [-0.39, 0.29) is 0 Å². The molecule has 1 amide bonds. The van der Waals surface area contributed by atoms with Crippen LogP contribution in [-0.2, 0) is 14.3 Å². The molecule has 7 heteroatoms. The van der Waals surface area contributed by atoms with Crippen LogP contribution >= 0.6 is 0 Å². The van der Waals surface area contributed by atoms with Crippen LogP contribution in [0.3, 0.4) is 0 Å². The molecule has 0 aromatic carbocycles. The molecule has 5 atom stereocenters. The minimum absolute atomic E-state index is 0.388. The molecule has 0 aromatic heterocycles. The molecule has 0 aromatic rings. The summed E-state index contributed by atoms with van der Waals surface area (Å²) in [6, 6.07) is 0. The topological polar surface area (TPSA) is 108 Å². The van der Waals surface area contributed by atoms with Gasteiger partial charge in [-0.3, -0.25) is 4.79 Å². The van der Waals surface area contributed by atoms with Crippen molar-refractivity contribution in [2.45, 2.75) is 134 Å². The smallest absolute Gasteiger partial charge is 0.251 e. The van der Waals surface area contributed by atoms with Gasteiger partial charge in [-0.05, 0) is 12.8 Å². The van der Waals surface area contributed by atoms with Crippen molar-refractivity contribution in [2.24, 2.45) is 0 Å². The molecule has 1 saturated heterocycles. The van der Waals surface area contributed by atoms with E-state index >= 15 is 0 Å². The zero-order valence-corrected chi connectivity index (χ0v) is 19.8. The second-order valence-corrected chi connectivity index (χ2v) is 8.80. The maximum atomic E-state index is 12.2. The van der Waals surface area contributed by atoms with E-state index in [0.29, 0.717) is 13.2 Å². The SMILES string of the molecule is CCCCCCCCCCCCCCNC(=O)C(O)[C@H]1O[C@H](OCCCC)C(O)[C@@H]1O. The van der Waals surface area contributed by atoms with Gasteiger partial charge in [-0.15, -0.1) is 0 Å². The number of aliphatic hydroxyl groups excluding tert-OH is 3. The first-order valence-corrected chi connectivity index (χ1v) is 12.6. The predicted molar refractivity (Wildman–Crippen MR) is 122 cm³/mol. The fraction of sp³-hybridized carbons (Fsp3) is 0.958.